The van der Waals surface area contributed by atoms with Gasteiger partial charge in [0.05, 0.1) is 16.7 Å². The maximum atomic E-state index is 5.49. The van der Waals surface area contributed by atoms with Gasteiger partial charge in [0.15, 0.2) is 17.5 Å². The second-order valence-corrected chi connectivity index (χ2v) is 21.3. The molecule has 4 heterocycles. The van der Waals surface area contributed by atoms with E-state index in [1.165, 1.54) is 62.2 Å². The van der Waals surface area contributed by atoms with Gasteiger partial charge in [0, 0.05) is 78.9 Å². The SMILES string of the molecule is c1ccc(-c2ccc3c4ccc(-c5ccccc5)cc4n(-c4c(-c5ccccc5)cc(-c5nc(-c6ccc7c(c6)sc6ccccc67)nc(-c6ccc7c(c6)sc6ccccc67)n5)cc4-c4ccccc4)c3c2)cc1. The van der Waals surface area contributed by atoms with Crippen LogP contribution < -0.4 is 0 Å². The van der Waals surface area contributed by atoms with Crippen LogP contribution in [0.4, 0.5) is 0 Å². The van der Waals surface area contributed by atoms with Crippen LogP contribution >= 0.6 is 22.7 Å². The summed E-state index contributed by atoms with van der Waals surface area (Å²) in [6.07, 6.45) is 0. The molecule has 0 radical (unpaired) electrons. The van der Waals surface area contributed by atoms with Gasteiger partial charge in [-0.25, -0.2) is 15.0 Å². The Labute approximate surface area is 440 Å². The van der Waals surface area contributed by atoms with E-state index in [2.05, 4.69) is 259 Å². The highest BCUT2D eigenvalue weighted by Crippen LogP contribution is 2.46. The van der Waals surface area contributed by atoms with Crippen LogP contribution in [0.1, 0.15) is 0 Å². The summed E-state index contributed by atoms with van der Waals surface area (Å²) in [7, 11) is 0. The number of nitrogens with zero attached hydrogens (tertiary/aromatic N) is 4. The van der Waals surface area contributed by atoms with Crippen molar-refractivity contribution in [3.05, 3.63) is 255 Å². The zero-order valence-corrected chi connectivity index (χ0v) is 42.0. The van der Waals surface area contributed by atoms with Gasteiger partial charge in [-0.15, -0.1) is 22.7 Å². The third-order valence-corrected chi connectivity index (χ3v) is 16.9. The van der Waals surface area contributed by atoms with Crippen molar-refractivity contribution in [2.24, 2.45) is 0 Å². The van der Waals surface area contributed by atoms with Crippen molar-refractivity contribution >= 4 is 84.8 Å². The molecule has 0 saturated carbocycles. The molecule has 15 rings (SSSR count). The van der Waals surface area contributed by atoms with Gasteiger partial charge < -0.3 is 4.57 Å². The van der Waals surface area contributed by atoms with E-state index in [1.54, 1.807) is 22.7 Å². The summed E-state index contributed by atoms with van der Waals surface area (Å²) in [6.45, 7) is 0. The molecule has 0 saturated heterocycles. The number of hydrogen-bond donors (Lipinski definition) is 0. The van der Waals surface area contributed by atoms with Gasteiger partial charge in [-0.05, 0) is 81.9 Å². The number of benzene rings is 11. The summed E-state index contributed by atoms with van der Waals surface area (Å²) in [5, 5.41) is 7.35. The highest BCUT2D eigenvalue weighted by molar-refractivity contribution is 7.26. The monoisotopic (exact) mass is 990 g/mol. The zero-order chi connectivity index (χ0) is 49.4. The van der Waals surface area contributed by atoms with Gasteiger partial charge >= 0.3 is 0 Å². The van der Waals surface area contributed by atoms with Crippen LogP contribution in [0.25, 0.3) is 147 Å². The van der Waals surface area contributed by atoms with Crippen molar-refractivity contribution < 1.29 is 0 Å². The summed E-state index contributed by atoms with van der Waals surface area (Å²) in [6, 6.07) is 92.1. The average Bonchev–Trinajstić information content (AvgIpc) is 4.16. The fraction of sp³-hybridized carbons (Fsp3) is 0. The summed E-state index contributed by atoms with van der Waals surface area (Å²) >= 11 is 3.61. The molecule has 0 fully saturated rings. The minimum atomic E-state index is 0.601. The molecule has 75 heavy (non-hydrogen) atoms. The molecule has 0 aliphatic carbocycles. The Morgan fingerprint density at radius 2 is 0.587 bits per heavy atom. The first kappa shape index (κ1) is 43.3. The molecule has 4 aromatic heterocycles. The number of aromatic nitrogens is 4. The molecule has 0 aliphatic heterocycles. The predicted molar refractivity (Wildman–Crippen MR) is 318 cm³/mol. The van der Waals surface area contributed by atoms with E-state index in [9.17, 15) is 0 Å². The fourth-order valence-electron chi connectivity index (χ4n) is 11.1. The third-order valence-electron chi connectivity index (χ3n) is 14.7. The standard InChI is InChI=1S/C69H42N4S2/c1-5-17-43(18-6-1)47-29-33-52-53-34-30-48(44-19-7-2-8-20-44)40-61(53)73(60(52)39-47)66-58(45-21-9-3-10-22-45)37-51(38-59(66)46-23-11-4-12-24-46)69-71-67(49-31-35-56-54-25-13-15-27-62(54)74-64(56)41-49)70-68(72-69)50-32-36-57-55-26-14-16-28-63(55)75-65(57)42-50/h1-42H. The van der Waals surface area contributed by atoms with Gasteiger partial charge in [-0.3, -0.25) is 0 Å². The Morgan fingerprint density at radius 1 is 0.240 bits per heavy atom. The predicted octanol–water partition coefficient (Wildman–Crippen LogP) is 19.4. The van der Waals surface area contributed by atoms with Crippen LogP contribution in [-0.4, -0.2) is 19.5 Å². The highest BCUT2D eigenvalue weighted by atomic mass is 32.1. The van der Waals surface area contributed by atoms with E-state index < -0.39 is 0 Å². The first-order valence-electron chi connectivity index (χ1n) is 25.2. The fourth-order valence-corrected chi connectivity index (χ4v) is 13.3. The lowest BCUT2D eigenvalue weighted by Gasteiger charge is -2.21. The van der Waals surface area contributed by atoms with E-state index in [1.807, 2.05) is 0 Å². The highest BCUT2D eigenvalue weighted by Gasteiger charge is 2.24. The van der Waals surface area contributed by atoms with Gasteiger partial charge in [-0.1, -0.05) is 206 Å². The van der Waals surface area contributed by atoms with E-state index in [4.69, 9.17) is 15.0 Å². The molecular formula is C69H42N4S2. The van der Waals surface area contributed by atoms with Gasteiger partial charge in [0.2, 0.25) is 0 Å². The molecule has 0 amide bonds. The second-order valence-electron chi connectivity index (χ2n) is 19.1. The Morgan fingerprint density at radius 3 is 1.03 bits per heavy atom. The van der Waals surface area contributed by atoms with E-state index >= 15 is 0 Å². The Balaban J connectivity index is 1.02. The summed E-state index contributed by atoms with van der Waals surface area (Å²) in [5.74, 6) is 1.85. The quantitative estimate of drug-likeness (QED) is 0.152. The molecule has 0 N–H and O–H groups in total. The van der Waals surface area contributed by atoms with E-state index in [0.717, 1.165) is 66.8 Å². The molecule has 4 nitrogen and oxygen atoms in total. The number of thiophene rings is 2. The Hall–Kier alpha value is -9.33. The van der Waals surface area contributed by atoms with Crippen molar-refractivity contribution in [1.82, 2.24) is 19.5 Å². The maximum absolute atomic E-state index is 5.49. The van der Waals surface area contributed by atoms with Gasteiger partial charge in [0.25, 0.3) is 0 Å². The summed E-state index contributed by atoms with van der Waals surface area (Å²) in [5.41, 5.74) is 15.0. The van der Waals surface area contributed by atoms with E-state index in [0.29, 0.717) is 17.5 Å². The molecule has 0 bridgehead atoms. The largest absolute Gasteiger partial charge is 0.308 e. The van der Waals surface area contributed by atoms with Crippen LogP contribution in [-0.2, 0) is 0 Å². The van der Waals surface area contributed by atoms with Crippen LogP contribution in [0.15, 0.2) is 255 Å². The third kappa shape index (κ3) is 7.45. The molecule has 0 aliphatic rings. The van der Waals surface area contributed by atoms with Crippen LogP contribution in [0, 0.1) is 0 Å². The van der Waals surface area contributed by atoms with Crippen LogP contribution in [0.3, 0.4) is 0 Å². The number of hydrogen-bond acceptors (Lipinski definition) is 5. The van der Waals surface area contributed by atoms with Crippen molar-refractivity contribution in [1.29, 1.82) is 0 Å². The van der Waals surface area contributed by atoms with Crippen LogP contribution in [0.2, 0.25) is 0 Å². The van der Waals surface area contributed by atoms with Crippen molar-refractivity contribution in [2.45, 2.75) is 0 Å². The summed E-state index contributed by atoms with van der Waals surface area (Å²) < 4.78 is 7.43. The normalized spacial score (nSPS) is 11.7. The molecule has 0 atom stereocenters. The minimum Gasteiger partial charge on any atom is -0.308 e. The maximum Gasteiger partial charge on any atom is 0.164 e. The average molecular weight is 991 g/mol. The van der Waals surface area contributed by atoms with Crippen molar-refractivity contribution in [2.75, 3.05) is 0 Å². The lowest BCUT2D eigenvalue weighted by molar-refractivity contribution is 1.07. The van der Waals surface area contributed by atoms with Gasteiger partial charge in [-0.2, -0.15) is 0 Å². The number of fused-ring (bicyclic) bond motifs is 9. The Bertz CT molecular complexity index is 4400. The first-order valence-corrected chi connectivity index (χ1v) is 26.9. The number of rotatable bonds is 8. The molecule has 350 valence electrons. The lowest BCUT2D eigenvalue weighted by atomic mass is 9.92. The Kier molecular flexibility index (Phi) is 10.2. The molecule has 6 heteroatoms. The zero-order valence-electron chi connectivity index (χ0n) is 40.4. The molecule has 15 aromatic rings. The van der Waals surface area contributed by atoms with Gasteiger partial charge in [0.1, 0.15) is 0 Å². The molecule has 11 aromatic carbocycles. The van der Waals surface area contributed by atoms with Crippen molar-refractivity contribution in [3.63, 3.8) is 0 Å². The lowest BCUT2D eigenvalue weighted by Crippen LogP contribution is -2.04. The molecular weight excluding hydrogens is 949 g/mol. The second kappa shape index (κ2) is 17.7. The summed E-state index contributed by atoms with van der Waals surface area (Å²) in [4.78, 5) is 16.3. The smallest absolute Gasteiger partial charge is 0.164 e. The van der Waals surface area contributed by atoms with E-state index in [-0.39, 0.29) is 0 Å². The van der Waals surface area contributed by atoms with Crippen molar-refractivity contribution in [3.8, 4) is 84.4 Å². The topological polar surface area (TPSA) is 43.6 Å². The minimum absolute atomic E-state index is 0.601. The molecule has 0 spiro atoms. The molecule has 0 unspecified atom stereocenters. The first-order chi connectivity index (χ1) is 37.1. The van der Waals surface area contributed by atoms with Crippen LogP contribution in [0.5, 0.6) is 0 Å².